The van der Waals surface area contributed by atoms with Crippen molar-refractivity contribution in [1.82, 2.24) is 0 Å². The first-order valence-electron chi connectivity index (χ1n) is 6.14. The van der Waals surface area contributed by atoms with Crippen LogP contribution in [0, 0.1) is 0 Å². The number of halogens is 1. The van der Waals surface area contributed by atoms with E-state index in [4.69, 9.17) is 22.1 Å². The van der Waals surface area contributed by atoms with Crippen LogP contribution in [0.3, 0.4) is 0 Å². The molecule has 2 rings (SSSR count). The average Bonchev–Trinajstić information content (AvgIpc) is 2.44. The minimum atomic E-state index is -0.616. The van der Waals surface area contributed by atoms with Gasteiger partial charge in [-0.1, -0.05) is 29.8 Å². The molecule has 2 aromatic rings. The zero-order valence-electron chi connectivity index (χ0n) is 11.0. The van der Waals surface area contributed by atoms with Crippen molar-refractivity contribution in [2.45, 2.75) is 13.0 Å². The molecule has 20 heavy (non-hydrogen) atoms. The third-order valence-corrected chi connectivity index (χ3v) is 3.03. The van der Waals surface area contributed by atoms with Gasteiger partial charge in [-0.15, -0.1) is 0 Å². The zero-order valence-corrected chi connectivity index (χ0v) is 11.7. The molecular weight excluding hydrogens is 276 g/mol. The maximum absolute atomic E-state index is 12.0. The molecule has 0 bridgehead atoms. The monoisotopic (exact) mass is 290 g/mol. The van der Waals surface area contributed by atoms with E-state index in [-0.39, 0.29) is 5.91 Å². The van der Waals surface area contributed by atoms with E-state index in [0.717, 1.165) is 0 Å². The molecule has 2 aromatic carbocycles. The van der Waals surface area contributed by atoms with E-state index in [0.29, 0.717) is 22.1 Å². The van der Waals surface area contributed by atoms with Crippen molar-refractivity contribution in [3.63, 3.8) is 0 Å². The lowest BCUT2D eigenvalue weighted by Gasteiger charge is -2.15. The van der Waals surface area contributed by atoms with Gasteiger partial charge in [0.1, 0.15) is 5.75 Å². The Morgan fingerprint density at radius 3 is 2.60 bits per heavy atom. The van der Waals surface area contributed by atoms with Crippen molar-refractivity contribution in [3.05, 3.63) is 53.6 Å². The van der Waals surface area contributed by atoms with Gasteiger partial charge in [-0.3, -0.25) is 4.79 Å². The highest BCUT2D eigenvalue weighted by atomic mass is 35.5. The third kappa shape index (κ3) is 3.65. The van der Waals surface area contributed by atoms with Crippen LogP contribution in [-0.2, 0) is 4.79 Å². The normalized spacial score (nSPS) is 11.7. The van der Waals surface area contributed by atoms with Gasteiger partial charge in [-0.05, 0) is 37.3 Å². The predicted octanol–water partition coefficient (Wildman–Crippen LogP) is 3.33. The van der Waals surface area contributed by atoms with Crippen LogP contribution in [0.2, 0.25) is 5.02 Å². The lowest BCUT2D eigenvalue weighted by molar-refractivity contribution is -0.122. The van der Waals surface area contributed by atoms with Gasteiger partial charge in [0, 0.05) is 5.69 Å². The van der Waals surface area contributed by atoms with E-state index >= 15 is 0 Å². The van der Waals surface area contributed by atoms with Crippen molar-refractivity contribution in [2.24, 2.45) is 0 Å². The van der Waals surface area contributed by atoms with Gasteiger partial charge in [-0.25, -0.2) is 0 Å². The molecule has 0 spiro atoms. The van der Waals surface area contributed by atoms with E-state index in [1.165, 1.54) is 0 Å². The van der Waals surface area contributed by atoms with Gasteiger partial charge >= 0.3 is 0 Å². The van der Waals surface area contributed by atoms with E-state index < -0.39 is 6.10 Å². The molecule has 104 valence electrons. The summed E-state index contributed by atoms with van der Waals surface area (Å²) in [7, 11) is 0. The summed E-state index contributed by atoms with van der Waals surface area (Å²) in [5.41, 5.74) is 6.68. The Bertz CT molecular complexity index is 602. The average molecular weight is 291 g/mol. The number of carbonyl (C=O) groups excluding carboxylic acids is 1. The molecule has 4 nitrogen and oxygen atoms in total. The number of ether oxygens (including phenoxy) is 1. The summed E-state index contributed by atoms with van der Waals surface area (Å²) in [6.07, 6.45) is -0.616. The van der Waals surface area contributed by atoms with Crippen LogP contribution in [0.15, 0.2) is 48.5 Å². The van der Waals surface area contributed by atoms with Crippen LogP contribution in [0.1, 0.15) is 6.92 Å². The minimum Gasteiger partial charge on any atom is -0.481 e. The molecule has 0 heterocycles. The van der Waals surface area contributed by atoms with E-state index in [9.17, 15) is 4.79 Å². The molecule has 1 amide bonds. The fourth-order valence-corrected chi connectivity index (χ4v) is 1.74. The van der Waals surface area contributed by atoms with Crippen molar-refractivity contribution in [1.29, 1.82) is 0 Å². The predicted molar refractivity (Wildman–Crippen MR) is 81.0 cm³/mol. The second-order valence-corrected chi connectivity index (χ2v) is 4.71. The Morgan fingerprint density at radius 1 is 1.25 bits per heavy atom. The van der Waals surface area contributed by atoms with E-state index in [2.05, 4.69) is 5.32 Å². The summed E-state index contributed by atoms with van der Waals surface area (Å²) in [5.74, 6) is 0.390. The van der Waals surface area contributed by atoms with E-state index in [1.54, 1.807) is 37.3 Å². The fraction of sp³-hybridized carbons (Fsp3) is 0.133. The fourth-order valence-electron chi connectivity index (χ4n) is 1.62. The first-order valence-corrected chi connectivity index (χ1v) is 6.51. The molecule has 0 fully saturated rings. The van der Waals surface area contributed by atoms with Crippen LogP contribution >= 0.6 is 11.6 Å². The molecular formula is C15H15ClN2O2. The standard InChI is InChI=1S/C15H15ClN2O2/c1-10(20-12-5-3-2-4-6-12)15(19)18-11-7-8-13(16)14(17)9-11/h2-10H,17H2,1H3,(H,18,19)/t10-/m1/s1. The van der Waals surface area contributed by atoms with Crippen LogP contribution in [0.5, 0.6) is 5.75 Å². The SMILES string of the molecule is C[C@@H](Oc1ccccc1)C(=O)Nc1ccc(Cl)c(N)c1. The number of hydrogen-bond acceptors (Lipinski definition) is 3. The largest absolute Gasteiger partial charge is 0.481 e. The highest BCUT2D eigenvalue weighted by Gasteiger charge is 2.15. The second-order valence-electron chi connectivity index (χ2n) is 4.30. The third-order valence-electron chi connectivity index (χ3n) is 2.69. The van der Waals surface area contributed by atoms with Gasteiger partial charge in [0.25, 0.3) is 5.91 Å². The van der Waals surface area contributed by atoms with Crippen LogP contribution in [-0.4, -0.2) is 12.0 Å². The van der Waals surface area contributed by atoms with Crippen molar-refractivity contribution < 1.29 is 9.53 Å². The quantitative estimate of drug-likeness (QED) is 0.849. The number of nitrogens with two attached hydrogens (primary N) is 1. The number of hydrogen-bond donors (Lipinski definition) is 2. The van der Waals surface area contributed by atoms with Crippen LogP contribution in [0.25, 0.3) is 0 Å². The summed E-state index contributed by atoms with van der Waals surface area (Å²) in [5, 5.41) is 3.18. The second kappa shape index (κ2) is 6.30. The number of anilines is 2. The van der Waals surface area contributed by atoms with Gasteiger partial charge in [-0.2, -0.15) is 0 Å². The maximum atomic E-state index is 12.0. The number of amides is 1. The molecule has 0 aliphatic heterocycles. The van der Waals surface area contributed by atoms with E-state index in [1.807, 2.05) is 18.2 Å². The minimum absolute atomic E-state index is 0.254. The maximum Gasteiger partial charge on any atom is 0.265 e. The summed E-state index contributed by atoms with van der Waals surface area (Å²) < 4.78 is 5.53. The van der Waals surface area contributed by atoms with Gasteiger partial charge in [0.15, 0.2) is 6.10 Å². The highest BCUT2D eigenvalue weighted by Crippen LogP contribution is 2.22. The number of para-hydroxylation sites is 1. The number of carbonyl (C=O) groups is 1. The summed E-state index contributed by atoms with van der Waals surface area (Å²) in [6, 6.07) is 14.1. The van der Waals surface area contributed by atoms with Gasteiger partial charge in [0.2, 0.25) is 0 Å². The van der Waals surface area contributed by atoms with Crippen LogP contribution < -0.4 is 15.8 Å². The Morgan fingerprint density at radius 2 is 1.95 bits per heavy atom. The molecule has 0 aliphatic carbocycles. The molecule has 0 radical (unpaired) electrons. The first kappa shape index (κ1) is 14.2. The molecule has 0 aromatic heterocycles. The number of rotatable bonds is 4. The molecule has 0 aliphatic rings. The molecule has 5 heteroatoms. The Kier molecular flexibility index (Phi) is 4.48. The van der Waals surface area contributed by atoms with Gasteiger partial charge in [0.05, 0.1) is 10.7 Å². The van der Waals surface area contributed by atoms with Crippen LogP contribution in [0.4, 0.5) is 11.4 Å². The highest BCUT2D eigenvalue weighted by molar-refractivity contribution is 6.33. The Balaban J connectivity index is 1.99. The summed E-state index contributed by atoms with van der Waals surface area (Å²) >= 11 is 5.82. The Hall–Kier alpha value is -2.20. The smallest absolute Gasteiger partial charge is 0.265 e. The van der Waals surface area contributed by atoms with Gasteiger partial charge < -0.3 is 15.8 Å². The summed E-state index contributed by atoms with van der Waals surface area (Å²) in [4.78, 5) is 12.0. The summed E-state index contributed by atoms with van der Waals surface area (Å²) in [6.45, 7) is 1.68. The number of nitrogens with one attached hydrogen (secondary N) is 1. The van der Waals surface area contributed by atoms with Crippen molar-refractivity contribution >= 4 is 28.9 Å². The molecule has 0 saturated carbocycles. The lowest BCUT2D eigenvalue weighted by Crippen LogP contribution is -2.30. The number of benzene rings is 2. The topological polar surface area (TPSA) is 64.3 Å². The molecule has 1 atom stereocenters. The molecule has 3 N–H and O–H groups in total. The Labute approximate surface area is 122 Å². The van der Waals surface area contributed by atoms with Crippen molar-refractivity contribution in [2.75, 3.05) is 11.1 Å². The number of nitrogen functional groups attached to an aromatic ring is 1. The zero-order chi connectivity index (χ0) is 14.5. The molecule has 0 unspecified atom stereocenters. The first-order chi connectivity index (χ1) is 9.56. The lowest BCUT2D eigenvalue weighted by atomic mass is 10.2. The van der Waals surface area contributed by atoms with Crippen molar-refractivity contribution in [3.8, 4) is 5.75 Å². The molecule has 0 saturated heterocycles.